The molecular weight excluding hydrogens is 377 g/mol. The number of hydrogen-bond donors (Lipinski definition) is 1. The molecule has 0 atom stereocenters. The van der Waals surface area contributed by atoms with Crippen molar-refractivity contribution in [1.82, 2.24) is 0 Å². The highest BCUT2D eigenvalue weighted by Crippen LogP contribution is 2.17. The molecule has 0 aliphatic carbocycles. The number of carbonyl (C=O) groups is 1. The van der Waals surface area contributed by atoms with Crippen LogP contribution < -0.4 is 10.1 Å². The Labute approximate surface area is 138 Å². The lowest BCUT2D eigenvalue weighted by atomic mass is 10.2. The second kappa shape index (κ2) is 7.45. The van der Waals surface area contributed by atoms with E-state index in [9.17, 15) is 4.79 Å². The smallest absolute Gasteiger partial charge is 0.255 e. The van der Waals surface area contributed by atoms with E-state index in [-0.39, 0.29) is 5.91 Å². The van der Waals surface area contributed by atoms with Gasteiger partial charge in [-0.25, -0.2) is 0 Å². The zero-order chi connectivity index (χ0) is 15.2. The summed E-state index contributed by atoms with van der Waals surface area (Å²) in [5.74, 6) is 1.04. The number of anilines is 1. The molecule has 0 aliphatic rings. The van der Waals surface area contributed by atoms with E-state index < -0.39 is 0 Å². The van der Waals surface area contributed by atoms with Crippen molar-refractivity contribution in [2.45, 2.75) is 13.8 Å². The minimum absolute atomic E-state index is 0.133. The van der Waals surface area contributed by atoms with E-state index in [1.54, 1.807) is 12.1 Å². The first-order valence-corrected chi connectivity index (χ1v) is 7.92. The summed E-state index contributed by atoms with van der Waals surface area (Å²) in [6.07, 6.45) is 0. The van der Waals surface area contributed by atoms with Crippen LogP contribution in [0.4, 0.5) is 5.69 Å². The van der Waals surface area contributed by atoms with Gasteiger partial charge in [0.25, 0.3) is 5.91 Å². The molecule has 0 unspecified atom stereocenters. The molecular formula is C17H18INO2. The van der Waals surface area contributed by atoms with Crippen LogP contribution in [0.15, 0.2) is 48.5 Å². The van der Waals surface area contributed by atoms with Gasteiger partial charge in [-0.1, -0.05) is 19.9 Å². The van der Waals surface area contributed by atoms with Crippen molar-refractivity contribution < 1.29 is 9.53 Å². The fourth-order valence-corrected chi connectivity index (χ4v) is 2.09. The van der Waals surface area contributed by atoms with E-state index in [2.05, 4.69) is 41.8 Å². The Morgan fingerprint density at radius 1 is 1.19 bits per heavy atom. The molecule has 2 aromatic rings. The second-order valence-electron chi connectivity index (χ2n) is 5.19. The fraction of sp³-hybridized carbons (Fsp3) is 0.235. The molecule has 3 nitrogen and oxygen atoms in total. The molecule has 0 aromatic heterocycles. The van der Waals surface area contributed by atoms with Crippen LogP contribution in [-0.2, 0) is 0 Å². The van der Waals surface area contributed by atoms with Gasteiger partial charge in [0.15, 0.2) is 0 Å². The molecule has 0 fully saturated rings. The van der Waals surface area contributed by atoms with Crippen molar-refractivity contribution in [3.05, 3.63) is 57.7 Å². The average molecular weight is 395 g/mol. The lowest BCUT2D eigenvalue weighted by Crippen LogP contribution is -2.12. The molecule has 4 heteroatoms. The maximum atomic E-state index is 12.2. The number of halogens is 1. The highest BCUT2D eigenvalue weighted by molar-refractivity contribution is 14.1. The predicted molar refractivity (Wildman–Crippen MR) is 93.9 cm³/mol. The molecule has 1 N–H and O–H groups in total. The van der Waals surface area contributed by atoms with E-state index in [4.69, 9.17) is 4.74 Å². The maximum absolute atomic E-state index is 12.2. The van der Waals surface area contributed by atoms with Crippen molar-refractivity contribution in [3.8, 4) is 5.75 Å². The quantitative estimate of drug-likeness (QED) is 0.753. The Balaban J connectivity index is 2.05. The van der Waals surface area contributed by atoms with Gasteiger partial charge in [-0.2, -0.15) is 0 Å². The van der Waals surface area contributed by atoms with Crippen molar-refractivity contribution in [2.24, 2.45) is 5.92 Å². The summed E-state index contributed by atoms with van der Waals surface area (Å²) >= 11 is 2.23. The Bertz CT molecular complexity index is 608. The number of carbonyl (C=O) groups excluding carboxylic acids is 1. The number of amides is 1. The summed E-state index contributed by atoms with van der Waals surface area (Å²) in [6.45, 7) is 4.82. The molecule has 2 aromatic carbocycles. The first-order valence-electron chi connectivity index (χ1n) is 6.84. The number of nitrogens with one attached hydrogen (secondary N) is 1. The molecule has 2 rings (SSSR count). The molecule has 21 heavy (non-hydrogen) atoms. The number of ether oxygens (including phenoxy) is 1. The Morgan fingerprint density at radius 3 is 2.57 bits per heavy atom. The second-order valence-corrected chi connectivity index (χ2v) is 6.44. The summed E-state index contributed by atoms with van der Waals surface area (Å²) in [4.78, 5) is 12.2. The third-order valence-electron chi connectivity index (χ3n) is 2.78. The van der Waals surface area contributed by atoms with Gasteiger partial charge >= 0.3 is 0 Å². The summed E-state index contributed by atoms with van der Waals surface area (Å²) in [6, 6.07) is 14.9. The molecule has 110 valence electrons. The Morgan fingerprint density at radius 2 is 1.90 bits per heavy atom. The maximum Gasteiger partial charge on any atom is 0.255 e. The van der Waals surface area contributed by atoms with Crippen LogP contribution in [0.3, 0.4) is 0 Å². The molecule has 0 bridgehead atoms. The van der Waals surface area contributed by atoms with E-state index in [1.165, 1.54) is 0 Å². The SMILES string of the molecule is CC(C)COc1cccc(C(=O)Nc2ccc(I)cc2)c1. The van der Waals surface area contributed by atoms with Gasteiger partial charge in [0.05, 0.1) is 6.61 Å². The van der Waals surface area contributed by atoms with Gasteiger partial charge in [0, 0.05) is 14.8 Å². The molecule has 0 saturated carbocycles. The van der Waals surface area contributed by atoms with Crippen LogP contribution in [0, 0.1) is 9.49 Å². The van der Waals surface area contributed by atoms with Gasteiger partial charge in [-0.05, 0) is 71.0 Å². The highest BCUT2D eigenvalue weighted by Gasteiger charge is 2.07. The van der Waals surface area contributed by atoms with Gasteiger partial charge in [-0.15, -0.1) is 0 Å². The van der Waals surface area contributed by atoms with E-state index >= 15 is 0 Å². The Kier molecular flexibility index (Phi) is 5.61. The first kappa shape index (κ1) is 15.8. The average Bonchev–Trinajstić information content (AvgIpc) is 2.48. The largest absolute Gasteiger partial charge is 0.493 e. The zero-order valence-corrected chi connectivity index (χ0v) is 14.3. The summed E-state index contributed by atoms with van der Waals surface area (Å²) < 4.78 is 6.78. The van der Waals surface area contributed by atoms with Crippen molar-refractivity contribution in [1.29, 1.82) is 0 Å². The van der Waals surface area contributed by atoms with E-state index in [0.717, 1.165) is 15.0 Å². The summed E-state index contributed by atoms with van der Waals surface area (Å²) in [7, 11) is 0. The van der Waals surface area contributed by atoms with Crippen LogP contribution >= 0.6 is 22.6 Å². The third-order valence-corrected chi connectivity index (χ3v) is 3.50. The molecule has 0 spiro atoms. The van der Waals surface area contributed by atoms with Crippen LogP contribution in [0.1, 0.15) is 24.2 Å². The van der Waals surface area contributed by atoms with Crippen LogP contribution in [-0.4, -0.2) is 12.5 Å². The van der Waals surface area contributed by atoms with Crippen molar-refractivity contribution >= 4 is 34.2 Å². The topological polar surface area (TPSA) is 38.3 Å². The van der Waals surface area contributed by atoms with Gasteiger partial charge in [0.2, 0.25) is 0 Å². The van der Waals surface area contributed by atoms with E-state index in [1.807, 2.05) is 36.4 Å². The lowest BCUT2D eigenvalue weighted by molar-refractivity contribution is 0.102. The van der Waals surface area contributed by atoms with Crippen LogP contribution in [0.25, 0.3) is 0 Å². The molecule has 0 aliphatic heterocycles. The normalized spacial score (nSPS) is 10.5. The van der Waals surface area contributed by atoms with Crippen LogP contribution in [0.2, 0.25) is 0 Å². The van der Waals surface area contributed by atoms with Gasteiger partial charge in [0.1, 0.15) is 5.75 Å². The highest BCUT2D eigenvalue weighted by atomic mass is 127. The van der Waals surface area contributed by atoms with E-state index in [0.29, 0.717) is 18.1 Å². The standard InChI is InChI=1S/C17H18INO2/c1-12(2)11-21-16-5-3-4-13(10-16)17(20)19-15-8-6-14(18)7-9-15/h3-10,12H,11H2,1-2H3,(H,19,20). The van der Waals surface area contributed by atoms with Gasteiger partial charge in [-0.3, -0.25) is 4.79 Å². The van der Waals surface area contributed by atoms with Crippen LogP contribution in [0.5, 0.6) is 5.75 Å². The predicted octanol–water partition coefficient (Wildman–Crippen LogP) is 4.58. The number of hydrogen-bond acceptors (Lipinski definition) is 2. The number of rotatable bonds is 5. The molecule has 0 saturated heterocycles. The number of benzene rings is 2. The Hall–Kier alpha value is -1.56. The molecule has 0 radical (unpaired) electrons. The fourth-order valence-electron chi connectivity index (χ4n) is 1.73. The summed E-state index contributed by atoms with van der Waals surface area (Å²) in [5, 5.41) is 2.88. The first-order chi connectivity index (χ1) is 10.0. The zero-order valence-electron chi connectivity index (χ0n) is 12.1. The minimum atomic E-state index is -0.133. The molecule has 1 amide bonds. The minimum Gasteiger partial charge on any atom is -0.493 e. The molecule has 0 heterocycles. The monoisotopic (exact) mass is 395 g/mol. The van der Waals surface area contributed by atoms with Crippen molar-refractivity contribution in [3.63, 3.8) is 0 Å². The lowest BCUT2D eigenvalue weighted by Gasteiger charge is -2.10. The van der Waals surface area contributed by atoms with Gasteiger partial charge < -0.3 is 10.1 Å². The summed E-state index contributed by atoms with van der Waals surface area (Å²) in [5.41, 5.74) is 1.38. The van der Waals surface area contributed by atoms with Crippen molar-refractivity contribution in [2.75, 3.05) is 11.9 Å². The third kappa shape index (κ3) is 5.04.